The summed E-state index contributed by atoms with van der Waals surface area (Å²) in [5.74, 6) is -0.750. The minimum atomic E-state index is -0.497. The van der Waals surface area contributed by atoms with Crippen LogP contribution >= 0.6 is 0 Å². The van der Waals surface area contributed by atoms with Gasteiger partial charge in [-0.2, -0.15) is 0 Å². The van der Waals surface area contributed by atoms with Gasteiger partial charge in [-0.1, -0.05) is 12.1 Å². The van der Waals surface area contributed by atoms with Gasteiger partial charge in [-0.05, 0) is 23.8 Å². The van der Waals surface area contributed by atoms with E-state index in [1.807, 2.05) is 0 Å². The zero-order valence-electron chi connectivity index (χ0n) is 12.4. The van der Waals surface area contributed by atoms with E-state index in [-0.39, 0.29) is 12.2 Å². The number of ether oxygens (including phenoxy) is 2. The van der Waals surface area contributed by atoms with E-state index in [1.165, 1.54) is 14.2 Å². The Hall–Kier alpha value is -2.76. The Bertz CT molecular complexity index is 672. The maximum Gasteiger partial charge on any atom is 0.339 e. The highest BCUT2D eigenvalue weighted by molar-refractivity contribution is 5.92. The molecule has 0 fully saturated rings. The Labute approximate surface area is 127 Å². The molecular formula is C16H17NO5. The van der Waals surface area contributed by atoms with Crippen LogP contribution in [0.5, 0.6) is 5.75 Å². The lowest BCUT2D eigenvalue weighted by Gasteiger charge is -2.10. The lowest BCUT2D eigenvalue weighted by atomic mass is 10.1. The smallest absolute Gasteiger partial charge is 0.339 e. The minimum Gasteiger partial charge on any atom is -0.508 e. The Morgan fingerprint density at radius 1 is 1.09 bits per heavy atom. The summed E-state index contributed by atoms with van der Waals surface area (Å²) >= 11 is 0. The molecule has 0 bridgehead atoms. The predicted octanol–water partition coefficient (Wildman–Crippen LogP) is 1.74. The summed E-state index contributed by atoms with van der Waals surface area (Å²) in [4.78, 5) is 23.4. The molecule has 6 heteroatoms. The molecule has 0 radical (unpaired) electrons. The van der Waals surface area contributed by atoms with Gasteiger partial charge in [0.05, 0.1) is 26.2 Å². The fourth-order valence-electron chi connectivity index (χ4n) is 2.15. The van der Waals surface area contributed by atoms with Crippen LogP contribution in [0.4, 0.5) is 0 Å². The minimum absolute atomic E-state index is 0.0218. The van der Waals surface area contributed by atoms with E-state index in [1.54, 1.807) is 41.1 Å². The normalized spacial score (nSPS) is 10.3. The molecule has 2 aromatic rings. The summed E-state index contributed by atoms with van der Waals surface area (Å²) in [7, 11) is 2.59. The van der Waals surface area contributed by atoms with Crippen molar-refractivity contribution in [1.29, 1.82) is 0 Å². The molecule has 0 aliphatic heterocycles. The number of benzene rings is 1. The van der Waals surface area contributed by atoms with Crippen LogP contribution in [-0.2, 0) is 27.2 Å². The average Bonchev–Trinajstić information content (AvgIpc) is 2.91. The average molecular weight is 303 g/mol. The number of rotatable bonds is 5. The SMILES string of the molecule is COC(=O)Cc1c(C(=O)OC)ccn1Cc1ccc(O)cc1. The van der Waals surface area contributed by atoms with Crippen LogP contribution in [0.25, 0.3) is 0 Å². The molecular weight excluding hydrogens is 286 g/mol. The van der Waals surface area contributed by atoms with Gasteiger partial charge in [0.15, 0.2) is 0 Å². The summed E-state index contributed by atoms with van der Waals surface area (Å²) in [6, 6.07) is 8.33. The van der Waals surface area contributed by atoms with Crippen molar-refractivity contribution in [2.24, 2.45) is 0 Å². The Morgan fingerprint density at radius 2 is 1.77 bits per heavy atom. The van der Waals surface area contributed by atoms with Gasteiger partial charge >= 0.3 is 11.9 Å². The van der Waals surface area contributed by atoms with Crippen LogP contribution in [0.15, 0.2) is 36.5 Å². The first kappa shape index (κ1) is 15.6. The number of carbonyl (C=O) groups is 2. The number of aromatic nitrogens is 1. The second-order valence-electron chi connectivity index (χ2n) is 4.71. The van der Waals surface area contributed by atoms with Crippen LogP contribution in [0.1, 0.15) is 21.6 Å². The van der Waals surface area contributed by atoms with Gasteiger partial charge in [0.25, 0.3) is 0 Å². The molecule has 0 amide bonds. The van der Waals surface area contributed by atoms with Crippen LogP contribution in [0, 0.1) is 0 Å². The van der Waals surface area contributed by atoms with E-state index in [9.17, 15) is 14.7 Å². The van der Waals surface area contributed by atoms with Crippen molar-refractivity contribution in [3.63, 3.8) is 0 Å². The lowest BCUT2D eigenvalue weighted by molar-refractivity contribution is -0.139. The highest BCUT2D eigenvalue weighted by Gasteiger charge is 2.19. The van der Waals surface area contributed by atoms with Crippen molar-refractivity contribution >= 4 is 11.9 Å². The first-order valence-corrected chi connectivity index (χ1v) is 6.66. The maximum atomic E-state index is 11.8. The number of aromatic hydroxyl groups is 1. The molecule has 0 atom stereocenters. The number of esters is 2. The Morgan fingerprint density at radius 3 is 2.36 bits per heavy atom. The zero-order chi connectivity index (χ0) is 16.1. The molecule has 0 aliphatic carbocycles. The maximum absolute atomic E-state index is 11.8. The first-order valence-electron chi connectivity index (χ1n) is 6.66. The van der Waals surface area contributed by atoms with Gasteiger partial charge in [-0.25, -0.2) is 4.79 Å². The van der Waals surface area contributed by atoms with Crippen LogP contribution in [0.2, 0.25) is 0 Å². The molecule has 0 unspecified atom stereocenters. The lowest BCUT2D eigenvalue weighted by Crippen LogP contribution is -2.14. The highest BCUT2D eigenvalue weighted by Crippen LogP contribution is 2.17. The standard InChI is InChI=1S/C16H17NO5/c1-21-15(19)9-14-13(16(20)22-2)7-8-17(14)10-11-3-5-12(18)6-4-11/h3-8,18H,9-10H2,1-2H3. The molecule has 1 aromatic heterocycles. The second-order valence-corrected chi connectivity index (χ2v) is 4.71. The fourth-order valence-corrected chi connectivity index (χ4v) is 2.15. The van der Waals surface area contributed by atoms with E-state index in [0.717, 1.165) is 5.56 Å². The fraction of sp³-hybridized carbons (Fsp3) is 0.250. The zero-order valence-corrected chi connectivity index (χ0v) is 12.4. The Kier molecular flexibility index (Phi) is 4.83. The molecule has 6 nitrogen and oxygen atoms in total. The number of phenolic OH excluding ortho intramolecular Hbond substituents is 1. The van der Waals surface area contributed by atoms with E-state index in [0.29, 0.717) is 17.8 Å². The number of hydrogen-bond acceptors (Lipinski definition) is 5. The molecule has 2 rings (SSSR count). The number of hydrogen-bond donors (Lipinski definition) is 1. The van der Waals surface area contributed by atoms with Crippen molar-refractivity contribution in [3.8, 4) is 5.75 Å². The summed E-state index contributed by atoms with van der Waals surface area (Å²) in [5.41, 5.74) is 1.80. The van der Waals surface area contributed by atoms with Gasteiger partial charge < -0.3 is 19.1 Å². The largest absolute Gasteiger partial charge is 0.508 e. The third-order valence-electron chi connectivity index (χ3n) is 3.31. The van der Waals surface area contributed by atoms with Crippen LogP contribution in [0.3, 0.4) is 0 Å². The molecule has 1 heterocycles. The van der Waals surface area contributed by atoms with Gasteiger partial charge in [0.2, 0.25) is 0 Å². The Balaban J connectivity index is 2.33. The second kappa shape index (κ2) is 6.80. The van der Waals surface area contributed by atoms with Crippen molar-refractivity contribution in [2.75, 3.05) is 14.2 Å². The summed E-state index contributed by atoms with van der Waals surface area (Å²) in [6.45, 7) is 0.462. The molecule has 1 N–H and O–H groups in total. The third-order valence-corrected chi connectivity index (χ3v) is 3.31. The van der Waals surface area contributed by atoms with E-state index in [2.05, 4.69) is 4.74 Å². The molecule has 1 aromatic carbocycles. The molecule has 116 valence electrons. The van der Waals surface area contributed by atoms with Gasteiger partial charge in [-0.15, -0.1) is 0 Å². The van der Waals surface area contributed by atoms with Gasteiger partial charge in [0.1, 0.15) is 5.75 Å². The van der Waals surface area contributed by atoms with Crippen molar-refractivity contribution in [2.45, 2.75) is 13.0 Å². The quantitative estimate of drug-likeness (QED) is 0.851. The number of phenols is 1. The molecule has 0 saturated heterocycles. The predicted molar refractivity (Wildman–Crippen MR) is 78.7 cm³/mol. The van der Waals surface area contributed by atoms with Crippen LogP contribution < -0.4 is 0 Å². The highest BCUT2D eigenvalue weighted by atomic mass is 16.5. The molecule has 0 aliphatic rings. The number of carbonyl (C=O) groups excluding carboxylic acids is 2. The van der Waals surface area contributed by atoms with Crippen molar-refractivity contribution < 1.29 is 24.2 Å². The first-order chi connectivity index (χ1) is 10.5. The van der Waals surface area contributed by atoms with E-state index < -0.39 is 11.9 Å². The number of methoxy groups -OCH3 is 2. The molecule has 22 heavy (non-hydrogen) atoms. The number of nitrogens with zero attached hydrogens (tertiary/aromatic N) is 1. The van der Waals surface area contributed by atoms with E-state index in [4.69, 9.17) is 4.74 Å². The summed E-state index contributed by atoms with van der Waals surface area (Å²) < 4.78 is 11.2. The van der Waals surface area contributed by atoms with Crippen molar-refractivity contribution in [3.05, 3.63) is 53.3 Å². The van der Waals surface area contributed by atoms with E-state index >= 15 is 0 Å². The van der Waals surface area contributed by atoms with Gasteiger partial charge in [0, 0.05) is 18.4 Å². The summed E-state index contributed by atoms with van der Waals surface area (Å²) in [6.07, 6.45) is 1.70. The summed E-state index contributed by atoms with van der Waals surface area (Å²) in [5, 5.41) is 9.31. The molecule has 0 spiro atoms. The third kappa shape index (κ3) is 3.46. The topological polar surface area (TPSA) is 77.8 Å². The van der Waals surface area contributed by atoms with Crippen LogP contribution in [-0.4, -0.2) is 35.8 Å². The van der Waals surface area contributed by atoms with Gasteiger partial charge in [-0.3, -0.25) is 4.79 Å². The van der Waals surface area contributed by atoms with Crippen molar-refractivity contribution in [1.82, 2.24) is 4.57 Å². The molecule has 0 saturated carbocycles. The monoisotopic (exact) mass is 303 g/mol.